The van der Waals surface area contributed by atoms with Gasteiger partial charge in [-0.05, 0) is 45.2 Å². The number of halogens is 4. The first-order valence-electron chi connectivity index (χ1n) is 12.5. The Morgan fingerprint density at radius 1 is 1.18 bits per heavy atom. The molecule has 3 N–H and O–H groups in total. The molecule has 12 heteroatoms. The minimum atomic E-state index is -4.80. The number of ether oxygens (including phenoxy) is 2. The van der Waals surface area contributed by atoms with Crippen LogP contribution in [0.15, 0.2) is 6.07 Å². The fourth-order valence-corrected chi connectivity index (χ4v) is 6.39. The Hall–Kier alpha value is -3.25. The maximum Gasteiger partial charge on any atom is 0.418 e. The number of rotatable bonds is 3. The molecule has 8 nitrogen and oxygen atoms in total. The predicted octanol–water partition coefficient (Wildman–Crippen LogP) is 4.08. The second-order valence-corrected chi connectivity index (χ2v) is 10.5. The van der Waals surface area contributed by atoms with Crippen LogP contribution in [-0.4, -0.2) is 59.4 Å². The van der Waals surface area contributed by atoms with Crippen LogP contribution in [0.25, 0.3) is 22.0 Å². The summed E-state index contributed by atoms with van der Waals surface area (Å²) in [5, 5.41) is 4.19. The van der Waals surface area contributed by atoms with Gasteiger partial charge in [-0.1, -0.05) is 0 Å². The van der Waals surface area contributed by atoms with E-state index in [1.807, 2.05) is 0 Å². The third kappa shape index (κ3) is 3.60. The highest BCUT2D eigenvalue weighted by molar-refractivity contribution is 6.01. The highest BCUT2D eigenvalue weighted by Crippen LogP contribution is 2.47. The molecule has 0 spiro atoms. The van der Waals surface area contributed by atoms with Crippen LogP contribution in [0, 0.1) is 26.6 Å². The summed E-state index contributed by atoms with van der Waals surface area (Å²) >= 11 is 0. The van der Waals surface area contributed by atoms with Crippen LogP contribution < -0.4 is 20.7 Å². The van der Waals surface area contributed by atoms with Gasteiger partial charge in [-0.2, -0.15) is 13.2 Å². The van der Waals surface area contributed by atoms with Crippen molar-refractivity contribution in [2.75, 3.05) is 37.5 Å². The van der Waals surface area contributed by atoms with Crippen molar-refractivity contribution in [1.82, 2.24) is 20.3 Å². The first-order valence-corrected chi connectivity index (χ1v) is 12.5. The highest BCUT2D eigenvalue weighted by Gasteiger charge is 2.51. The molecule has 6 rings (SSSR count). The number of methoxy groups -OCH3 is 1. The average molecular weight is 533 g/mol. The van der Waals surface area contributed by atoms with Gasteiger partial charge in [-0.3, -0.25) is 0 Å². The van der Waals surface area contributed by atoms with Gasteiger partial charge in [0, 0.05) is 36.3 Å². The van der Waals surface area contributed by atoms with E-state index in [2.05, 4.69) is 20.2 Å². The molecule has 0 aromatic carbocycles. The van der Waals surface area contributed by atoms with E-state index < -0.39 is 28.8 Å². The maximum atomic E-state index is 16.4. The van der Waals surface area contributed by atoms with E-state index in [1.54, 1.807) is 21.0 Å². The summed E-state index contributed by atoms with van der Waals surface area (Å²) in [6.45, 7) is 5.94. The van der Waals surface area contributed by atoms with Crippen molar-refractivity contribution in [1.29, 1.82) is 0 Å². The van der Waals surface area contributed by atoms with Gasteiger partial charge >= 0.3 is 6.18 Å². The maximum absolute atomic E-state index is 16.4. The summed E-state index contributed by atoms with van der Waals surface area (Å²) in [5.74, 6) is -0.469. The van der Waals surface area contributed by atoms with Crippen molar-refractivity contribution in [3.63, 3.8) is 0 Å². The van der Waals surface area contributed by atoms with E-state index in [4.69, 9.17) is 20.2 Å². The molecule has 3 atom stereocenters. The van der Waals surface area contributed by atoms with Crippen LogP contribution >= 0.6 is 0 Å². The molecule has 3 unspecified atom stereocenters. The Kier molecular flexibility index (Phi) is 5.52. The van der Waals surface area contributed by atoms with E-state index in [0.29, 0.717) is 35.6 Å². The lowest BCUT2D eigenvalue weighted by atomic mass is 9.95. The van der Waals surface area contributed by atoms with Gasteiger partial charge in [0.05, 0.1) is 34.8 Å². The summed E-state index contributed by atoms with van der Waals surface area (Å²) in [4.78, 5) is 15.1. The lowest BCUT2D eigenvalue weighted by molar-refractivity contribution is -0.137. The molecule has 3 aromatic rings. The zero-order chi connectivity index (χ0) is 27.1. The molecule has 3 aliphatic heterocycles. The molecule has 2 saturated heterocycles. The Morgan fingerprint density at radius 2 is 1.95 bits per heavy atom. The smallest absolute Gasteiger partial charge is 0.418 e. The number of alkyl halides is 3. The summed E-state index contributed by atoms with van der Waals surface area (Å²) in [7, 11) is 1.66. The quantitative estimate of drug-likeness (QED) is 0.487. The Labute approximate surface area is 216 Å². The average Bonchev–Trinajstić information content (AvgIpc) is 3.09. The number of piperazine rings is 1. The number of fused-ring (bicyclic) bond motifs is 5. The number of aromatic nitrogens is 3. The normalized spacial score (nSPS) is 24.4. The standard InChI is InChI=1S/C26H28F4N6O2/c1-11-12(2)33-23-19-18(11)21(27)22(14-7-17(31)32-13(3)20(14)26(28,29)30)34-24(19)38-8-16-15-5-6-25(35-15,10-37-4)9-36(16)23/h7,15-16,35H,5-6,8-10H2,1-4H3,(H2,31,32). The van der Waals surface area contributed by atoms with E-state index in [-0.39, 0.29) is 47.0 Å². The zero-order valence-corrected chi connectivity index (χ0v) is 21.5. The number of hydrogen-bond donors (Lipinski definition) is 2. The molecule has 3 aliphatic rings. The summed E-state index contributed by atoms with van der Waals surface area (Å²) in [6.07, 6.45) is -2.99. The zero-order valence-electron chi connectivity index (χ0n) is 21.5. The first-order chi connectivity index (χ1) is 17.9. The third-order valence-electron chi connectivity index (χ3n) is 8.13. The minimum Gasteiger partial charge on any atom is -0.475 e. The van der Waals surface area contributed by atoms with Crippen LogP contribution in [0.1, 0.15) is 35.4 Å². The molecule has 38 heavy (non-hydrogen) atoms. The van der Waals surface area contributed by atoms with Crippen molar-refractivity contribution in [2.24, 2.45) is 0 Å². The molecule has 0 aliphatic carbocycles. The lowest BCUT2D eigenvalue weighted by Gasteiger charge is -2.46. The Bertz CT molecular complexity index is 1480. The Morgan fingerprint density at radius 3 is 2.66 bits per heavy atom. The molecule has 2 fully saturated rings. The van der Waals surface area contributed by atoms with Crippen LogP contribution in [-0.2, 0) is 10.9 Å². The van der Waals surface area contributed by atoms with Crippen molar-refractivity contribution < 1.29 is 27.0 Å². The van der Waals surface area contributed by atoms with Crippen molar-refractivity contribution in [3.8, 4) is 17.1 Å². The Balaban J connectivity index is 1.63. The van der Waals surface area contributed by atoms with Gasteiger partial charge in [0.1, 0.15) is 23.9 Å². The van der Waals surface area contributed by atoms with Crippen LogP contribution in [0.3, 0.4) is 0 Å². The molecular formula is C26H28F4N6O2. The van der Waals surface area contributed by atoms with E-state index in [1.165, 1.54) is 6.92 Å². The van der Waals surface area contributed by atoms with Gasteiger partial charge in [-0.15, -0.1) is 0 Å². The molecule has 3 aromatic heterocycles. The molecule has 0 radical (unpaired) electrons. The van der Waals surface area contributed by atoms with Gasteiger partial charge in [0.15, 0.2) is 5.82 Å². The van der Waals surface area contributed by atoms with Crippen molar-refractivity contribution >= 4 is 22.4 Å². The number of aryl methyl sites for hydroxylation is 3. The second kappa shape index (κ2) is 8.37. The number of nitrogens with zero attached hydrogens (tertiary/aromatic N) is 4. The fourth-order valence-electron chi connectivity index (χ4n) is 6.39. The van der Waals surface area contributed by atoms with Gasteiger partial charge < -0.3 is 25.4 Å². The first kappa shape index (κ1) is 25.1. The van der Waals surface area contributed by atoms with Gasteiger partial charge in [-0.25, -0.2) is 19.3 Å². The van der Waals surface area contributed by atoms with Gasteiger partial charge in [0.2, 0.25) is 5.88 Å². The number of pyridine rings is 3. The molecule has 6 heterocycles. The van der Waals surface area contributed by atoms with E-state index in [0.717, 1.165) is 18.9 Å². The summed E-state index contributed by atoms with van der Waals surface area (Å²) in [6, 6.07) is 0.975. The number of nitrogens with two attached hydrogens (primary N) is 1. The van der Waals surface area contributed by atoms with Crippen LogP contribution in [0.4, 0.5) is 29.2 Å². The number of nitrogens with one attached hydrogen (secondary N) is 1. The summed E-state index contributed by atoms with van der Waals surface area (Å²) < 4.78 is 70.5. The monoisotopic (exact) mass is 532 g/mol. The molecule has 0 saturated carbocycles. The second-order valence-electron chi connectivity index (χ2n) is 10.5. The fraction of sp³-hybridized carbons (Fsp3) is 0.500. The molecular weight excluding hydrogens is 504 g/mol. The molecule has 202 valence electrons. The lowest BCUT2D eigenvalue weighted by Crippen LogP contribution is -2.67. The van der Waals surface area contributed by atoms with Gasteiger partial charge in [0.25, 0.3) is 0 Å². The summed E-state index contributed by atoms with van der Waals surface area (Å²) in [5.41, 5.74) is 4.22. The van der Waals surface area contributed by atoms with E-state index >= 15 is 4.39 Å². The van der Waals surface area contributed by atoms with Crippen molar-refractivity contribution in [2.45, 2.75) is 57.4 Å². The molecule has 0 amide bonds. The number of hydrogen-bond acceptors (Lipinski definition) is 8. The molecule has 2 bridgehead atoms. The van der Waals surface area contributed by atoms with Crippen LogP contribution in [0.2, 0.25) is 0 Å². The SMILES string of the molecule is COCC12CCC(N1)C1COc3nc(-c4cc(N)nc(C)c4C(F)(F)F)c(F)c4c(C)c(C)nc(c34)N1C2. The largest absolute Gasteiger partial charge is 0.475 e. The van der Waals surface area contributed by atoms with Crippen LogP contribution in [0.5, 0.6) is 5.88 Å². The van der Waals surface area contributed by atoms with Crippen molar-refractivity contribution in [3.05, 3.63) is 34.4 Å². The number of anilines is 2. The third-order valence-corrected chi connectivity index (χ3v) is 8.13. The van der Waals surface area contributed by atoms with E-state index in [9.17, 15) is 13.2 Å². The highest BCUT2D eigenvalue weighted by atomic mass is 19.4. The topological polar surface area (TPSA) is 98.4 Å². The number of nitrogen functional groups attached to an aromatic ring is 1. The minimum absolute atomic E-state index is 0.0502. The predicted molar refractivity (Wildman–Crippen MR) is 134 cm³/mol.